The molecule has 0 saturated carbocycles. The Kier molecular flexibility index (Phi) is 9.61. The van der Waals surface area contributed by atoms with Crippen molar-refractivity contribution in [2.24, 2.45) is 0 Å². The van der Waals surface area contributed by atoms with Crippen molar-refractivity contribution in [1.29, 1.82) is 0 Å². The molecule has 2 fully saturated rings. The van der Waals surface area contributed by atoms with Crippen LogP contribution < -0.4 is 15.8 Å². The number of ether oxygens (including phenoxy) is 1. The van der Waals surface area contributed by atoms with E-state index in [-0.39, 0.29) is 30.5 Å². The molecule has 0 radical (unpaired) electrons. The third-order valence-electron chi connectivity index (χ3n) is 8.70. The number of amides is 2. The van der Waals surface area contributed by atoms with Crippen LogP contribution in [-0.4, -0.2) is 82.9 Å². The first kappa shape index (κ1) is 31.3. The van der Waals surface area contributed by atoms with Crippen molar-refractivity contribution in [2.45, 2.75) is 39.1 Å². The van der Waals surface area contributed by atoms with Gasteiger partial charge in [-0.25, -0.2) is 4.98 Å². The number of benzene rings is 3. The Hall–Kier alpha value is -4.73. The first-order chi connectivity index (χ1) is 22.3. The molecule has 4 aromatic rings. The van der Waals surface area contributed by atoms with E-state index in [4.69, 9.17) is 10.5 Å². The van der Waals surface area contributed by atoms with Crippen molar-refractivity contribution >= 4 is 17.6 Å². The molecule has 2 amide bonds. The predicted octanol–water partition coefficient (Wildman–Crippen LogP) is 4.69. The summed E-state index contributed by atoms with van der Waals surface area (Å²) in [5.74, 6) is 0.878. The molecule has 2 aliphatic heterocycles. The summed E-state index contributed by atoms with van der Waals surface area (Å²) in [5, 5.41) is 3.46. The molecule has 9 nitrogen and oxygen atoms in total. The maximum Gasteiger partial charge on any atom is 0.253 e. The van der Waals surface area contributed by atoms with Crippen molar-refractivity contribution in [2.75, 3.05) is 45.0 Å². The minimum Gasteiger partial charge on any atom is -0.485 e. The zero-order chi connectivity index (χ0) is 32.0. The molecular formula is C37H42N6O3. The Labute approximate surface area is 271 Å². The quantitative estimate of drug-likeness (QED) is 0.295. The summed E-state index contributed by atoms with van der Waals surface area (Å²) in [6.45, 7) is 9.93. The van der Waals surface area contributed by atoms with E-state index in [1.54, 1.807) is 6.20 Å². The van der Waals surface area contributed by atoms with Gasteiger partial charge in [0.25, 0.3) is 11.8 Å². The number of nitrogen functional groups attached to an aromatic ring is 1. The molecule has 3 heterocycles. The molecule has 2 saturated heterocycles. The molecule has 238 valence electrons. The average Bonchev–Trinajstić information content (AvgIpc) is 3.08. The number of carbonyl (C=O) groups excluding carboxylic acids is 2. The zero-order valence-electron chi connectivity index (χ0n) is 26.6. The number of nitrogens with one attached hydrogen (secondary N) is 1. The number of hydrogen-bond acceptors (Lipinski definition) is 7. The normalized spacial score (nSPS) is 18.7. The van der Waals surface area contributed by atoms with Crippen LogP contribution in [0.4, 0.5) is 5.82 Å². The minimum atomic E-state index is 0.0420. The highest BCUT2D eigenvalue weighted by Crippen LogP contribution is 2.28. The summed E-state index contributed by atoms with van der Waals surface area (Å²) in [4.78, 5) is 36.8. The van der Waals surface area contributed by atoms with Gasteiger partial charge in [-0.2, -0.15) is 0 Å². The van der Waals surface area contributed by atoms with Gasteiger partial charge in [-0.05, 0) is 60.9 Å². The van der Waals surface area contributed by atoms with Crippen LogP contribution in [0.15, 0.2) is 91.1 Å². The summed E-state index contributed by atoms with van der Waals surface area (Å²) in [5.41, 5.74) is 11.5. The smallest absolute Gasteiger partial charge is 0.253 e. The lowest BCUT2D eigenvalue weighted by molar-refractivity contribution is 0.0627. The van der Waals surface area contributed by atoms with Crippen LogP contribution in [0.2, 0.25) is 0 Å². The van der Waals surface area contributed by atoms with Crippen LogP contribution in [0.1, 0.15) is 45.7 Å². The van der Waals surface area contributed by atoms with E-state index in [2.05, 4.69) is 53.3 Å². The predicted molar refractivity (Wildman–Crippen MR) is 180 cm³/mol. The maximum absolute atomic E-state index is 13.2. The molecule has 2 aliphatic rings. The van der Waals surface area contributed by atoms with E-state index < -0.39 is 0 Å². The van der Waals surface area contributed by atoms with Crippen molar-refractivity contribution in [1.82, 2.24) is 25.0 Å². The van der Waals surface area contributed by atoms with E-state index in [1.807, 2.05) is 70.5 Å². The molecule has 6 rings (SSSR count). The molecule has 3 N–H and O–H groups in total. The number of rotatable bonds is 8. The molecule has 2 unspecified atom stereocenters. The molecule has 0 aliphatic carbocycles. The number of aromatic nitrogens is 1. The SMILES string of the molecule is CC1CN(C(=O)c2ccc(-c3cnc(N)c(OCc4ccc(C(=O)N5CCN(Cc6ccccc6)CC5)cc4)c3)cc2)CC(C)N1. The Bertz CT molecular complexity index is 1630. The molecule has 2 atom stereocenters. The van der Waals surface area contributed by atoms with Gasteiger partial charge in [-0.15, -0.1) is 0 Å². The lowest BCUT2D eigenvalue weighted by Crippen LogP contribution is -2.55. The summed E-state index contributed by atoms with van der Waals surface area (Å²) >= 11 is 0. The standard InChI is InChI=1S/C37H42N6O3/c1-26-22-43(23-27(2)40-26)37(45)32-14-12-30(13-15-32)33-20-34(35(38)39-21-33)46-25-29-8-10-31(11-9-29)36(44)42-18-16-41(17-19-42)24-28-6-4-3-5-7-28/h3-15,20-21,26-27,40H,16-19,22-25H2,1-2H3,(H2,38,39). The lowest BCUT2D eigenvalue weighted by Gasteiger charge is -2.36. The van der Waals surface area contributed by atoms with Gasteiger partial charge in [0, 0.05) is 80.8 Å². The highest BCUT2D eigenvalue weighted by Gasteiger charge is 2.26. The monoisotopic (exact) mass is 618 g/mol. The molecular weight excluding hydrogens is 576 g/mol. The summed E-state index contributed by atoms with van der Waals surface area (Å²) in [6, 6.07) is 28.0. The maximum atomic E-state index is 13.2. The Morgan fingerprint density at radius 1 is 0.783 bits per heavy atom. The number of piperazine rings is 2. The van der Waals surface area contributed by atoms with E-state index in [0.29, 0.717) is 48.9 Å². The van der Waals surface area contributed by atoms with Crippen LogP contribution in [0.25, 0.3) is 11.1 Å². The first-order valence-corrected chi connectivity index (χ1v) is 16.0. The molecule has 0 spiro atoms. The van der Waals surface area contributed by atoms with E-state index in [1.165, 1.54) is 5.56 Å². The summed E-state index contributed by atoms with van der Waals surface area (Å²) in [6.07, 6.45) is 1.71. The van der Waals surface area contributed by atoms with E-state index in [0.717, 1.165) is 36.3 Å². The van der Waals surface area contributed by atoms with Crippen molar-refractivity contribution < 1.29 is 14.3 Å². The zero-order valence-corrected chi connectivity index (χ0v) is 26.6. The number of hydrogen-bond donors (Lipinski definition) is 2. The minimum absolute atomic E-state index is 0.0420. The van der Waals surface area contributed by atoms with Gasteiger partial charge in [0.05, 0.1) is 0 Å². The van der Waals surface area contributed by atoms with Crippen molar-refractivity contribution in [3.8, 4) is 16.9 Å². The second-order valence-electron chi connectivity index (χ2n) is 12.4. The molecule has 9 heteroatoms. The van der Waals surface area contributed by atoms with Crippen molar-refractivity contribution in [3.63, 3.8) is 0 Å². The van der Waals surface area contributed by atoms with Crippen LogP contribution in [0.3, 0.4) is 0 Å². The van der Waals surface area contributed by atoms with E-state index in [9.17, 15) is 9.59 Å². The van der Waals surface area contributed by atoms with Crippen LogP contribution in [0.5, 0.6) is 5.75 Å². The van der Waals surface area contributed by atoms with Gasteiger partial charge in [0.1, 0.15) is 6.61 Å². The molecule has 1 aromatic heterocycles. The Morgan fingerprint density at radius 2 is 1.39 bits per heavy atom. The number of carbonyl (C=O) groups is 2. The van der Waals surface area contributed by atoms with Crippen molar-refractivity contribution in [3.05, 3.63) is 113 Å². The topological polar surface area (TPSA) is 104 Å². The fourth-order valence-electron chi connectivity index (χ4n) is 6.25. The molecule has 3 aromatic carbocycles. The fraction of sp³-hybridized carbons (Fsp3) is 0.324. The largest absolute Gasteiger partial charge is 0.485 e. The molecule has 46 heavy (non-hydrogen) atoms. The number of nitrogens with zero attached hydrogens (tertiary/aromatic N) is 4. The highest BCUT2D eigenvalue weighted by molar-refractivity contribution is 5.95. The summed E-state index contributed by atoms with van der Waals surface area (Å²) < 4.78 is 6.07. The first-order valence-electron chi connectivity index (χ1n) is 16.0. The Morgan fingerprint density at radius 3 is 2.04 bits per heavy atom. The average molecular weight is 619 g/mol. The number of pyridine rings is 1. The number of anilines is 1. The fourth-order valence-corrected chi connectivity index (χ4v) is 6.25. The van der Waals surface area contributed by atoms with Crippen LogP contribution >= 0.6 is 0 Å². The van der Waals surface area contributed by atoms with Gasteiger partial charge < -0.3 is 25.6 Å². The lowest BCUT2D eigenvalue weighted by atomic mass is 10.0. The van der Waals surface area contributed by atoms with E-state index >= 15 is 0 Å². The second-order valence-corrected chi connectivity index (χ2v) is 12.4. The third kappa shape index (κ3) is 7.55. The van der Waals surface area contributed by atoms with Gasteiger partial charge >= 0.3 is 0 Å². The van der Waals surface area contributed by atoms with Gasteiger partial charge in [0.15, 0.2) is 11.6 Å². The summed E-state index contributed by atoms with van der Waals surface area (Å²) in [7, 11) is 0. The molecule has 0 bridgehead atoms. The van der Waals surface area contributed by atoms with Crippen LogP contribution in [0, 0.1) is 0 Å². The van der Waals surface area contributed by atoms with Gasteiger partial charge in [-0.1, -0.05) is 54.6 Å². The second kappa shape index (κ2) is 14.1. The highest BCUT2D eigenvalue weighted by atomic mass is 16.5. The third-order valence-corrected chi connectivity index (χ3v) is 8.70. The van der Waals surface area contributed by atoms with Gasteiger partial charge in [0.2, 0.25) is 0 Å². The van der Waals surface area contributed by atoms with Gasteiger partial charge in [-0.3, -0.25) is 14.5 Å². The van der Waals surface area contributed by atoms with Crippen LogP contribution in [-0.2, 0) is 13.2 Å². The number of nitrogens with two attached hydrogens (primary N) is 1. The Balaban J connectivity index is 1.02.